The third-order valence-corrected chi connectivity index (χ3v) is 7.08. The van der Waals surface area contributed by atoms with Crippen molar-refractivity contribution in [2.75, 3.05) is 39.0 Å². The number of carbonyl (C=O) groups is 1. The van der Waals surface area contributed by atoms with Crippen molar-refractivity contribution in [3.05, 3.63) is 59.3 Å². The molecule has 3 N–H and O–H groups in total. The van der Waals surface area contributed by atoms with Crippen molar-refractivity contribution in [1.82, 2.24) is 30.4 Å². The number of nitrogens with one attached hydrogen (secondary N) is 3. The number of anilines is 1. The number of amides is 1. The van der Waals surface area contributed by atoms with Crippen LogP contribution in [0.1, 0.15) is 16.9 Å². The van der Waals surface area contributed by atoms with Crippen LogP contribution in [0.25, 0.3) is 22.2 Å². The van der Waals surface area contributed by atoms with Crippen molar-refractivity contribution in [3.63, 3.8) is 0 Å². The smallest absolute Gasteiger partial charge is 0.272 e. The van der Waals surface area contributed by atoms with Gasteiger partial charge in [-0.25, -0.2) is 17.8 Å². The minimum absolute atomic E-state index is 0.0348. The molecule has 3 aromatic heterocycles. The minimum atomic E-state index is -4.30. The molecule has 11 nitrogen and oxygen atoms in total. The standard InChI is InChI=1S/C24H25ClFN7O4S/c1-33(2)9-5-8-27-23(34)22-16-13-28-18(11-19(16)30-31-22)15-6-4-7-17(21(15)26)32-38(35,36)20-10-14(25)12-29-24(20)37-3/h4,6-7,10-13,32H,5,8-9H2,1-3H3,(H,27,34)(H,30,31). The Morgan fingerprint density at radius 2 is 2.00 bits per heavy atom. The number of hydrogen-bond donors (Lipinski definition) is 3. The van der Waals surface area contributed by atoms with E-state index in [-0.39, 0.29) is 44.3 Å². The monoisotopic (exact) mass is 561 g/mol. The Labute approximate surface area is 223 Å². The number of aromatic amines is 1. The van der Waals surface area contributed by atoms with E-state index in [0.717, 1.165) is 19.0 Å². The van der Waals surface area contributed by atoms with Gasteiger partial charge < -0.3 is 15.0 Å². The van der Waals surface area contributed by atoms with Gasteiger partial charge in [-0.3, -0.25) is 19.6 Å². The molecule has 4 rings (SSSR count). The first-order valence-electron chi connectivity index (χ1n) is 11.4. The topological polar surface area (TPSA) is 142 Å². The van der Waals surface area contributed by atoms with Crippen LogP contribution in [0.2, 0.25) is 5.02 Å². The molecule has 0 spiro atoms. The van der Waals surface area contributed by atoms with Gasteiger partial charge in [0, 0.05) is 24.5 Å². The Morgan fingerprint density at radius 3 is 2.74 bits per heavy atom. The number of carbonyl (C=O) groups excluding carboxylic acids is 1. The fourth-order valence-corrected chi connectivity index (χ4v) is 5.10. The van der Waals surface area contributed by atoms with Gasteiger partial charge in [0.05, 0.1) is 34.4 Å². The van der Waals surface area contributed by atoms with E-state index in [0.29, 0.717) is 17.4 Å². The van der Waals surface area contributed by atoms with Crippen molar-refractivity contribution in [2.45, 2.75) is 11.3 Å². The van der Waals surface area contributed by atoms with Gasteiger partial charge in [-0.05, 0) is 51.3 Å². The maximum absolute atomic E-state index is 15.5. The van der Waals surface area contributed by atoms with E-state index in [1.165, 1.54) is 43.8 Å². The molecular weight excluding hydrogens is 537 g/mol. The SMILES string of the molecule is COc1ncc(Cl)cc1S(=O)(=O)Nc1cccc(-c2cc3[nH]nc(C(=O)NCCCN(C)C)c3cn2)c1F. The number of fused-ring (bicyclic) bond motifs is 1. The summed E-state index contributed by atoms with van der Waals surface area (Å²) in [5, 5.41) is 10.2. The summed E-state index contributed by atoms with van der Waals surface area (Å²) < 4.78 is 48.7. The number of sulfonamides is 1. The van der Waals surface area contributed by atoms with Crippen molar-refractivity contribution >= 4 is 44.1 Å². The molecule has 0 bridgehead atoms. The summed E-state index contributed by atoms with van der Waals surface area (Å²) in [6.45, 7) is 1.32. The predicted octanol–water partition coefficient (Wildman–Crippen LogP) is 3.30. The molecule has 0 saturated heterocycles. The van der Waals surface area contributed by atoms with Gasteiger partial charge in [0.1, 0.15) is 0 Å². The summed E-state index contributed by atoms with van der Waals surface area (Å²) in [6, 6.07) is 6.90. The van der Waals surface area contributed by atoms with Gasteiger partial charge in [-0.2, -0.15) is 5.10 Å². The molecule has 0 unspecified atom stereocenters. The van der Waals surface area contributed by atoms with Crippen molar-refractivity contribution < 1.29 is 22.3 Å². The number of rotatable bonds is 10. The second-order valence-electron chi connectivity index (χ2n) is 8.53. The summed E-state index contributed by atoms with van der Waals surface area (Å²) in [5.41, 5.74) is 0.574. The van der Waals surface area contributed by atoms with E-state index in [4.69, 9.17) is 16.3 Å². The molecule has 1 aromatic carbocycles. The van der Waals surface area contributed by atoms with E-state index >= 15 is 4.39 Å². The number of pyridine rings is 2. The summed E-state index contributed by atoms with van der Waals surface area (Å²) >= 11 is 5.90. The first-order valence-corrected chi connectivity index (χ1v) is 13.2. The number of ether oxygens (including phenoxy) is 1. The van der Waals surface area contributed by atoms with Crippen molar-refractivity contribution in [1.29, 1.82) is 0 Å². The van der Waals surface area contributed by atoms with Crippen LogP contribution in [0.15, 0.2) is 47.6 Å². The summed E-state index contributed by atoms with van der Waals surface area (Å²) in [4.78, 5) is 22.4. The van der Waals surface area contributed by atoms with Crippen molar-refractivity contribution in [2.24, 2.45) is 0 Å². The predicted molar refractivity (Wildman–Crippen MR) is 141 cm³/mol. The molecule has 0 aliphatic rings. The highest BCUT2D eigenvalue weighted by Crippen LogP contribution is 2.31. The molecule has 38 heavy (non-hydrogen) atoms. The Bertz CT molecular complexity index is 1590. The number of halogens is 2. The molecule has 200 valence electrons. The number of benzene rings is 1. The molecule has 1 amide bonds. The van der Waals surface area contributed by atoms with Crippen LogP contribution in [-0.4, -0.2) is 73.7 Å². The average Bonchev–Trinajstić information content (AvgIpc) is 3.31. The Balaban J connectivity index is 1.59. The van der Waals surface area contributed by atoms with Crippen molar-refractivity contribution in [3.8, 4) is 17.1 Å². The Morgan fingerprint density at radius 1 is 1.21 bits per heavy atom. The van der Waals surface area contributed by atoms with Gasteiger partial charge in [0.25, 0.3) is 15.9 Å². The van der Waals surface area contributed by atoms with Gasteiger partial charge in [0.2, 0.25) is 5.88 Å². The fourth-order valence-electron chi connectivity index (χ4n) is 3.68. The van der Waals surface area contributed by atoms with E-state index in [9.17, 15) is 13.2 Å². The van der Waals surface area contributed by atoms with Crippen LogP contribution >= 0.6 is 11.6 Å². The quantitative estimate of drug-likeness (QED) is 0.250. The second-order valence-corrected chi connectivity index (χ2v) is 10.6. The molecular formula is C24H25ClFN7O4S. The van der Waals surface area contributed by atoms with E-state index < -0.39 is 15.8 Å². The largest absolute Gasteiger partial charge is 0.480 e. The number of methoxy groups -OCH3 is 1. The average molecular weight is 562 g/mol. The molecule has 0 aliphatic carbocycles. The molecule has 0 saturated carbocycles. The number of nitrogens with zero attached hydrogens (tertiary/aromatic N) is 4. The highest BCUT2D eigenvalue weighted by atomic mass is 35.5. The van der Waals surface area contributed by atoms with Gasteiger partial charge in [-0.15, -0.1) is 0 Å². The third-order valence-electron chi connectivity index (χ3n) is 5.52. The second kappa shape index (κ2) is 11.3. The lowest BCUT2D eigenvalue weighted by Gasteiger charge is -2.13. The van der Waals surface area contributed by atoms with Crippen LogP contribution in [0.3, 0.4) is 0 Å². The lowest BCUT2D eigenvalue weighted by atomic mass is 10.1. The molecule has 3 heterocycles. The molecule has 0 radical (unpaired) electrons. The number of aromatic nitrogens is 4. The summed E-state index contributed by atoms with van der Waals surface area (Å²) in [6.07, 6.45) is 3.43. The van der Waals surface area contributed by atoms with Crippen LogP contribution in [0, 0.1) is 5.82 Å². The van der Waals surface area contributed by atoms with E-state index in [1.54, 1.807) is 0 Å². The maximum Gasteiger partial charge on any atom is 0.272 e. The number of hydrogen-bond acceptors (Lipinski definition) is 8. The number of H-pyrrole nitrogens is 1. The normalized spacial score (nSPS) is 11.6. The first kappa shape index (κ1) is 27.2. The minimum Gasteiger partial charge on any atom is -0.480 e. The van der Waals surface area contributed by atoms with Crippen LogP contribution in [-0.2, 0) is 10.0 Å². The zero-order valence-electron chi connectivity index (χ0n) is 20.7. The third kappa shape index (κ3) is 5.85. The molecule has 0 aliphatic heterocycles. The van der Waals surface area contributed by atoms with Gasteiger partial charge in [0.15, 0.2) is 16.4 Å². The lowest BCUT2D eigenvalue weighted by molar-refractivity contribution is 0.0949. The van der Waals surface area contributed by atoms with Gasteiger partial charge in [-0.1, -0.05) is 17.7 Å². The highest BCUT2D eigenvalue weighted by Gasteiger charge is 2.24. The lowest BCUT2D eigenvalue weighted by Crippen LogP contribution is -2.27. The summed E-state index contributed by atoms with van der Waals surface area (Å²) in [5.74, 6) is -1.39. The van der Waals surface area contributed by atoms with Crippen LogP contribution in [0.5, 0.6) is 5.88 Å². The summed E-state index contributed by atoms with van der Waals surface area (Å²) in [7, 11) is 0.861. The van der Waals surface area contributed by atoms with Crippen LogP contribution in [0.4, 0.5) is 10.1 Å². The molecule has 0 fully saturated rings. The zero-order valence-corrected chi connectivity index (χ0v) is 22.3. The molecule has 0 atom stereocenters. The Hall–Kier alpha value is -3.81. The van der Waals surface area contributed by atoms with Crippen LogP contribution < -0.4 is 14.8 Å². The highest BCUT2D eigenvalue weighted by molar-refractivity contribution is 7.92. The van der Waals surface area contributed by atoms with Gasteiger partial charge >= 0.3 is 0 Å². The molecule has 14 heteroatoms. The Kier molecular flexibility index (Phi) is 8.09. The molecule has 4 aromatic rings. The van der Waals surface area contributed by atoms with E-state index in [2.05, 4.69) is 30.2 Å². The zero-order chi connectivity index (χ0) is 27.4. The van der Waals surface area contributed by atoms with E-state index in [1.807, 2.05) is 19.0 Å². The first-order chi connectivity index (χ1) is 18.1. The fraction of sp³-hybridized carbons (Fsp3) is 0.250. The maximum atomic E-state index is 15.5.